The molecule has 0 spiro atoms. The van der Waals surface area contributed by atoms with Gasteiger partial charge in [-0.1, -0.05) is 36.4 Å². The van der Waals surface area contributed by atoms with Crippen LogP contribution >= 0.6 is 11.6 Å². The zero-order valence-corrected chi connectivity index (χ0v) is 17.8. The maximum Gasteiger partial charge on any atom is 0.416 e. The highest BCUT2D eigenvalue weighted by Gasteiger charge is 2.30. The molecule has 0 amide bonds. The topological polar surface area (TPSA) is 39.9 Å². The number of hydrogen-bond donors (Lipinski definition) is 3. The van der Waals surface area contributed by atoms with E-state index in [4.69, 9.17) is 11.6 Å². The number of H-pyrrole nitrogens is 1. The molecule has 4 rings (SSSR count). The number of nitrogens with one attached hydrogen (secondary N) is 3. The number of anilines is 2. The summed E-state index contributed by atoms with van der Waals surface area (Å²) < 4.78 is 38.8. The Bertz CT molecular complexity index is 1260. The van der Waals surface area contributed by atoms with Crippen LogP contribution in [0.3, 0.4) is 0 Å². The van der Waals surface area contributed by atoms with E-state index in [2.05, 4.69) is 22.2 Å². The van der Waals surface area contributed by atoms with Crippen molar-refractivity contribution in [1.29, 1.82) is 0 Å². The van der Waals surface area contributed by atoms with Gasteiger partial charge in [0.25, 0.3) is 0 Å². The quantitative estimate of drug-likeness (QED) is 0.272. The summed E-state index contributed by atoms with van der Waals surface area (Å²) >= 11 is 6.11. The maximum atomic E-state index is 12.9. The molecule has 3 nitrogen and oxygen atoms in total. The van der Waals surface area contributed by atoms with Crippen LogP contribution in [-0.4, -0.2) is 11.5 Å². The van der Waals surface area contributed by atoms with E-state index in [-0.39, 0.29) is 0 Å². The van der Waals surface area contributed by atoms with Crippen LogP contribution in [0.25, 0.3) is 16.6 Å². The van der Waals surface area contributed by atoms with Crippen LogP contribution in [0.2, 0.25) is 5.02 Å². The van der Waals surface area contributed by atoms with Crippen molar-refractivity contribution in [2.24, 2.45) is 0 Å². The third-order valence-electron chi connectivity index (χ3n) is 5.15. The van der Waals surface area contributed by atoms with Crippen molar-refractivity contribution in [2.45, 2.75) is 12.6 Å². The van der Waals surface area contributed by atoms with Crippen LogP contribution in [-0.2, 0) is 12.6 Å². The average molecular weight is 456 g/mol. The standard InChI is InChI=1S/C25H21ClF3N3/c1-16(30-11-10-18-15-31-24-9-8-20(26)14-23(18)24)17-4-2-6-21(12-17)32-22-7-3-5-19(13-22)25(27,28)29/h2-9,12-15,30-32H,1,10-11H2. The fourth-order valence-electron chi connectivity index (χ4n) is 3.53. The third-order valence-corrected chi connectivity index (χ3v) is 5.39. The van der Waals surface area contributed by atoms with Gasteiger partial charge in [-0.05, 0) is 66.1 Å². The molecule has 164 valence electrons. The largest absolute Gasteiger partial charge is 0.416 e. The van der Waals surface area contributed by atoms with Crippen LogP contribution in [0.1, 0.15) is 16.7 Å². The summed E-state index contributed by atoms with van der Waals surface area (Å²) in [7, 11) is 0. The number of aromatic nitrogens is 1. The second kappa shape index (κ2) is 9.01. The fourth-order valence-corrected chi connectivity index (χ4v) is 3.70. The fraction of sp³-hybridized carbons (Fsp3) is 0.120. The Balaban J connectivity index is 1.39. The van der Waals surface area contributed by atoms with Crippen LogP contribution in [0, 0.1) is 0 Å². The van der Waals surface area contributed by atoms with Crippen LogP contribution in [0.4, 0.5) is 24.5 Å². The third kappa shape index (κ3) is 5.08. The summed E-state index contributed by atoms with van der Waals surface area (Å²) in [6.45, 7) is 4.77. The van der Waals surface area contributed by atoms with Gasteiger partial charge < -0.3 is 15.6 Å². The number of hydrogen-bond acceptors (Lipinski definition) is 2. The first-order chi connectivity index (χ1) is 15.3. The predicted octanol–water partition coefficient (Wildman–Crippen LogP) is 7.39. The van der Waals surface area contributed by atoms with Gasteiger partial charge in [-0.25, -0.2) is 0 Å². The van der Waals surface area contributed by atoms with Gasteiger partial charge in [0, 0.05) is 45.7 Å². The van der Waals surface area contributed by atoms with Gasteiger partial charge in [0.1, 0.15) is 0 Å². The van der Waals surface area contributed by atoms with E-state index in [0.717, 1.165) is 46.3 Å². The van der Waals surface area contributed by atoms with E-state index in [1.54, 1.807) is 12.1 Å². The van der Waals surface area contributed by atoms with E-state index in [9.17, 15) is 13.2 Å². The van der Waals surface area contributed by atoms with Crippen molar-refractivity contribution < 1.29 is 13.2 Å². The Morgan fingerprint density at radius 2 is 1.72 bits per heavy atom. The van der Waals surface area contributed by atoms with E-state index >= 15 is 0 Å². The molecule has 0 aliphatic heterocycles. The van der Waals surface area contributed by atoms with Crippen LogP contribution < -0.4 is 10.6 Å². The SMILES string of the molecule is C=C(NCCc1c[nH]c2ccc(Cl)cc12)c1cccc(Nc2cccc(C(F)(F)F)c2)c1. The first kappa shape index (κ1) is 21.8. The number of alkyl halides is 3. The number of fused-ring (bicyclic) bond motifs is 1. The Kier molecular flexibility index (Phi) is 6.15. The van der Waals surface area contributed by atoms with Gasteiger partial charge in [-0.15, -0.1) is 0 Å². The van der Waals surface area contributed by atoms with Crippen molar-refractivity contribution >= 4 is 39.6 Å². The van der Waals surface area contributed by atoms with E-state index in [1.807, 2.05) is 42.6 Å². The van der Waals surface area contributed by atoms with Crippen molar-refractivity contribution in [3.05, 3.63) is 101 Å². The summed E-state index contributed by atoms with van der Waals surface area (Å²) in [5.74, 6) is 0. The van der Waals surface area contributed by atoms with Gasteiger partial charge in [-0.2, -0.15) is 13.2 Å². The van der Waals surface area contributed by atoms with E-state index in [1.165, 1.54) is 6.07 Å². The molecule has 0 atom stereocenters. The van der Waals surface area contributed by atoms with Gasteiger partial charge in [0.2, 0.25) is 0 Å². The zero-order valence-electron chi connectivity index (χ0n) is 17.1. The summed E-state index contributed by atoms with van der Waals surface area (Å²) in [6.07, 6.45) is -1.62. The normalized spacial score (nSPS) is 11.5. The molecular formula is C25H21ClF3N3. The lowest BCUT2D eigenvalue weighted by Crippen LogP contribution is -2.15. The zero-order chi connectivity index (χ0) is 22.7. The molecule has 32 heavy (non-hydrogen) atoms. The van der Waals surface area contributed by atoms with Crippen LogP contribution in [0.5, 0.6) is 0 Å². The molecular weight excluding hydrogens is 435 g/mol. The summed E-state index contributed by atoms with van der Waals surface area (Å²) in [5.41, 5.74) is 4.13. The van der Waals surface area contributed by atoms with Crippen molar-refractivity contribution in [3.63, 3.8) is 0 Å². The Morgan fingerprint density at radius 1 is 0.969 bits per heavy atom. The molecule has 0 radical (unpaired) electrons. The number of rotatable bonds is 7. The van der Waals surface area contributed by atoms with Gasteiger partial charge in [0.05, 0.1) is 5.56 Å². The van der Waals surface area contributed by atoms with E-state index < -0.39 is 11.7 Å². The molecule has 0 aliphatic carbocycles. The second-order valence-corrected chi connectivity index (χ2v) is 7.88. The molecule has 0 saturated heterocycles. The molecule has 0 aliphatic rings. The number of halogens is 4. The molecule has 3 aromatic carbocycles. The summed E-state index contributed by atoms with van der Waals surface area (Å²) in [4.78, 5) is 3.24. The van der Waals surface area contributed by atoms with Gasteiger partial charge >= 0.3 is 6.18 Å². The highest BCUT2D eigenvalue weighted by Crippen LogP contribution is 2.31. The molecule has 1 heterocycles. The van der Waals surface area contributed by atoms with Crippen molar-refractivity contribution in [1.82, 2.24) is 10.3 Å². The molecule has 1 aromatic heterocycles. The lowest BCUT2D eigenvalue weighted by Gasteiger charge is -2.13. The lowest BCUT2D eigenvalue weighted by molar-refractivity contribution is -0.137. The van der Waals surface area contributed by atoms with Crippen molar-refractivity contribution in [2.75, 3.05) is 11.9 Å². The first-order valence-electron chi connectivity index (χ1n) is 10.0. The lowest BCUT2D eigenvalue weighted by atomic mass is 10.1. The summed E-state index contributed by atoms with van der Waals surface area (Å²) in [6, 6.07) is 18.3. The molecule has 0 unspecified atom stereocenters. The average Bonchev–Trinajstić information content (AvgIpc) is 3.15. The summed E-state index contributed by atoms with van der Waals surface area (Å²) in [5, 5.41) is 8.14. The smallest absolute Gasteiger partial charge is 0.385 e. The van der Waals surface area contributed by atoms with Gasteiger partial charge in [0.15, 0.2) is 0 Å². The number of aromatic amines is 1. The Hall–Kier alpha value is -3.38. The molecule has 4 aromatic rings. The first-order valence-corrected chi connectivity index (χ1v) is 10.4. The Morgan fingerprint density at radius 3 is 2.50 bits per heavy atom. The van der Waals surface area contributed by atoms with Crippen molar-refractivity contribution in [3.8, 4) is 0 Å². The maximum absolute atomic E-state index is 12.9. The minimum Gasteiger partial charge on any atom is -0.385 e. The monoisotopic (exact) mass is 455 g/mol. The minimum absolute atomic E-state index is 0.369. The van der Waals surface area contributed by atoms with Gasteiger partial charge in [-0.3, -0.25) is 0 Å². The van der Waals surface area contributed by atoms with E-state index in [0.29, 0.717) is 22.9 Å². The minimum atomic E-state index is -4.38. The molecule has 0 fully saturated rings. The molecule has 0 saturated carbocycles. The molecule has 7 heteroatoms. The molecule has 0 bridgehead atoms. The number of benzene rings is 3. The highest BCUT2D eigenvalue weighted by atomic mass is 35.5. The predicted molar refractivity (Wildman–Crippen MR) is 125 cm³/mol. The van der Waals surface area contributed by atoms with Crippen LogP contribution in [0.15, 0.2) is 79.5 Å². The molecule has 3 N–H and O–H groups in total. The Labute approximate surface area is 188 Å². The second-order valence-electron chi connectivity index (χ2n) is 7.44. The highest BCUT2D eigenvalue weighted by molar-refractivity contribution is 6.31.